The standard InChI is InChI=1S/C24H27N5O3S2/c1-14-5-4-10-28-20(14)26-21(27-11-8-15(9-12-27)19(25)30)17(22(28)31)13-18-23(32)29(24(33)34-18)16-6-2-3-7-16/h4-5,10,13,15-16H,2-3,6-9,11-12H2,1H3,(H2,25,30). The Labute approximate surface area is 207 Å². The van der Waals surface area contributed by atoms with Crippen molar-refractivity contribution in [3.8, 4) is 0 Å². The molecule has 3 fully saturated rings. The molecule has 10 heteroatoms. The summed E-state index contributed by atoms with van der Waals surface area (Å²) >= 11 is 6.80. The number of pyridine rings is 1. The van der Waals surface area contributed by atoms with Gasteiger partial charge in [0.15, 0.2) is 0 Å². The molecule has 2 amide bonds. The number of hydrogen-bond acceptors (Lipinski definition) is 7. The van der Waals surface area contributed by atoms with Crippen LogP contribution in [0.3, 0.4) is 0 Å². The average molecular weight is 498 g/mol. The summed E-state index contributed by atoms with van der Waals surface area (Å²) in [6.07, 6.45) is 8.68. The third-order valence-electron chi connectivity index (χ3n) is 7.05. The van der Waals surface area contributed by atoms with Crippen LogP contribution < -0.4 is 16.2 Å². The van der Waals surface area contributed by atoms with Gasteiger partial charge in [0.25, 0.3) is 11.5 Å². The number of fused-ring (bicyclic) bond motifs is 1. The van der Waals surface area contributed by atoms with Crippen molar-refractivity contribution in [2.75, 3.05) is 18.0 Å². The van der Waals surface area contributed by atoms with Gasteiger partial charge in [0.05, 0.1) is 10.5 Å². The molecule has 0 atom stereocenters. The number of amides is 2. The van der Waals surface area contributed by atoms with Crippen LogP contribution >= 0.6 is 24.0 Å². The van der Waals surface area contributed by atoms with Gasteiger partial charge in [-0.25, -0.2) is 4.98 Å². The van der Waals surface area contributed by atoms with E-state index in [0.717, 1.165) is 31.2 Å². The third-order valence-corrected chi connectivity index (χ3v) is 8.38. The first kappa shape index (κ1) is 23.0. The highest BCUT2D eigenvalue weighted by molar-refractivity contribution is 8.26. The fourth-order valence-electron chi connectivity index (χ4n) is 5.13. The molecule has 1 saturated carbocycles. The molecule has 0 aromatic carbocycles. The van der Waals surface area contributed by atoms with Crippen LogP contribution in [0.25, 0.3) is 11.7 Å². The Balaban J connectivity index is 1.59. The molecule has 1 aliphatic carbocycles. The fourth-order valence-corrected chi connectivity index (χ4v) is 6.51. The molecule has 178 valence electrons. The number of carbonyl (C=O) groups excluding carboxylic acids is 2. The molecule has 2 saturated heterocycles. The lowest BCUT2D eigenvalue weighted by Crippen LogP contribution is -2.40. The van der Waals surface area contributed by atoms with E-state index in [9.17, 15) is 14.4 Å². The molecule has 0 spiro atoms. The van der Waals surface area contributed by atoms with Crippen molar-refractivity contribution in [3.63, 3.8) is 0 Å². The van der Waals surface area contributed by atoms with Crippen LogP contribution in [-0.2, 0) is 9.59 Å². The highest BCUT2D eigenvalue weighted by Gasteiger charge is 2.38. The Bertz CT molecular complexity index is 1270. The predicted octanol–water partition coefficient (Wildman–Crippen LogP) is 2.85. The molecule has 4 heterocycles. The van der Waals surface area contributed by atoms with Gasteiger partial charge in [-0.05, 0) is 50.3 Å². The van der Waals surface area contributed by atoms with Crippen molar-refractivity contribution in [2.24, 2.45) is 11.7 Å². The molecule has 3 aliphatic rings. The zero-order valence-electron chi connectivity index (χ0n) is 19.0. The van der Waals surface area contributed by atoms with Crippen LogP contribution in [0.2, 0.25) is 0 Å². The smallest absolute Gasteiger partial charge is 0.267 e. The average Bonchev–Trinajstić information content (AvgIpc) is 3.43. The molecule has 2 N–H and O–H groups in total. The van der Waals surface area contributed by atoms with Gasteiger partial charge in [0.1, 0.15) is 15.8 Å². The monoisotopic (exact) mass is 497 g/mol. The van der Waals surface area contributed by atoms with Crippen LogP contribution in [0.1, 0.15) is 49.7 Å². The summed E-state index contributed by atoms with van der Waals surface area (Å²) in [5, 5.41) is 0. The Hall–Kier alpha value is -2.72. The first-order valence-electron chi connectivity index (χ1n) is 11.7. The largest absolute Gasteiger partial charge is 0.369 e. The second-order valence-electron chi connectivity index (χ2n) is 9.19. The molecule has 34 heavy (non-hydrogen) atoms. The number of hydrogen-bond donors (Lipinski definition) is 1. The first-order chi connectivity index (χ1) is 16.3. The number of piperidine rings is 1. The number of aryl methyl sites for hydroxylation is 1. The summed E-state index contributed by atoms with van der Waals surface area (Å²) in [5.41, 5.74) is 7.11. The molecule has 8 nitrogen and oxygen atoms in total. The highest BCUT2D eigenvalue weighted by Crippen LogP contribution is 2.38. The number of anilines is 1. The topological polar surface area (TPSA) is 101 Å². The van der Waals surface area contributed by atoms with E-state index in [0.29, 0.717) is 52.2 Å². The summed E-state index contributed by atoms with van der Waals surface area (Å²) in [7, 11) is 0. The molecule has 0 radical (unpaired) electrons. The lowest BCUT2D eigenvalue weighted by molar-refractivity contribution is -0.124. The summed E-state index contributed by atoms with van der Waals surface area (Å²) in [6, 6.07) is 3.87. The fraction of sp³-hybridized carbons (Fsp3) is 0.458. The van der Waals surface area contributed by atoms with Gasteiger partial charge in [0, 0.05) is 31.2 Å². The van der Waals surface area contributed by atoms with E-state index in [1.807, 2.05) is 24.0 Å². The first-order valence-corrected chi connectivity index (χ1v) is 12.9. The van der Waals surface area contributed by atoms with E-state index in [1.54, 1.807) is 17.2 Å². The second kappa shape index (κ2) is 9.14. The van der Waals surface area contributed by atoms with Gasteiger partial charge in [0.2, 0.25) is 5.91 Å². The molecule has 0 bridgehead atoms. The second-order valence-corrected chi connectivity index (χ2v) is 10.9. The van der Waals surface area contributed by atoms with Crippen molar-refractivity contribution in [2.45, 2.75) is 51.5 Å². The van der Waals surface area contributed by atoms with E-state index < -0.39 is 0 Å². The summed E-state index contributed by atoms with van der Waals surface area (Å²) < 4.78 is 2.08. The summed E-state index contributed by atoms with van der Waals surface area (Å²) in [4.78, 5) is 47.7. The van der Waals surface area contributed by atoms with Crippen LogP contribution in [0.15, 0.2) is 28.0 Å². The number of aromatic nitrogens is 2. The van der Waals surface area contributed by atoms with Crippen molar-refractivity contribution in [1.29, 1.82) is 0 Å². The van der Waals surface area contributed by atoms with Gasteiger partial charge < -0.3 is 10.6 Å². The van der Waals surface area contributed by atoms with Gasteiger partial charge in [-0.1, -0.05) is 42.9 Å². The van der Waals surface area contributed by atoms with Crippen molar-refractivity contribution < 1.29 is 9.59 Å². The number of rotatable bonds is 4. The number of nitrogens with zero attached hydrogens (tertiary/aromatic N) is 4. The van der Waals surface area contributed by atoms with Crippen LogP contribution in [0, 0.1) is 12.8 Å². The molecule has 5 rings (SSSR count). The zero-order valence-corrected chi connectivity index (χ0v) is 20.7. The van der Waals surface area contributed by atoms with Gasteiger partial charge in [-0.15, -0.1) is 0 Å². The maximum atomic E-state index is 13.6. The van der Waals surface area contributed by atoms with E-state index in [4.69, 9.17) is 22.9 Å². The minimum Gasteiger partial charge on any atom is -0.369 e. The quantitative estimate of drug-likeness (QED) is 0.512. The number of thioether (sulfide) groups is 1. The molecular formula is C24H27N5O3S2. The summed E-state index contributed by atoms with van der Waals surface area (Å²) in [6.45, 7) is 3.04. The molecule has 2 aromatic rings. The number of thiocarbonyl (C=S) groups is 1. The molecule has 2 aromatic heterocycles. The Kier molecular flexibility index (Phi) is 6.20. The molecule has 2 aliphatic heterocycles. The molecular weight excluding hydrogens is 470 g/mol. The predicted molar refractivity (Wildman–Crippen MR) is 138 cm³/mol. The maximum absolute atomic E-state index is 13.6. The highest BCUT2D eigenvalue weighted by atomic mass is 32.2. The number of carbonyl (C=O) groups is 2. The van der Waals surface area contributed by atoms with E-state index in [2.05, 4.69) is 0 Å². The minimum atomic E-state index is -0.294. The van der Waals surface area contributed by atoms with Crippen molar-refractivity contribution >= 4 is 57.7 Å². The SMILES string of the molecule is Cc1cccn2c(=O)c(C=C3SC(=S)N(C4CCCC4)C3=O)c(N3CCC(C(N)=O)CC3)nc12. The van der Waals surface area contributed by atoms with Gasteiger partial charge >= 0.3 is 0 Å². The van der Waals surface area contributed by atoms with Gasteiger partial charge in [-0.3, -0.25) is 23.7 Å². The Morgan fingerprint density at radius 2 is 1.91 bits per heavy atom. The zero-order chi connectivity index (χ0) is 24.0. The lowest BCUT2D eigenvalue weighted by Gasteiger charge is -2.32. The summed E-state index contributed by atoms with van der Waals surface area (Å²) in [5.74, 6) is -0.0640. The van der Waals surface area contributed by atoms with E-state index in [1.165, 1.54) is 16.2 Å². The van der Waals surface area contributed by atoms with Crippen molar-refractivity contribution in [1.82, 2.24) is 14.3 Å². The lowest BCUT2D eigenvalue weighted by atomic mass is 9.96. The Morgan fingerprint density at radius 1 is 1.21 bits per heavy atom. The van der Waals surface area contributed by atoms with Crippen LogP contribution in [-0.4, -0.2) is 49.6 Å². The van der Waals surface area contributed by atoms with E-state index in [-0.39, 0.29) is 29.3 Å². The number of nitrogens with two attached hydrogens (primary N) is 1. The normalized spacial score (nSPS) is 21.4. The third kappa shape index (κ3) is 4.02. The van der Waals surface area contributed by atoms with Gasteiger partial charge in [-0.2, -0.15) is 0 Å². The maximum Gasteiger partial charge on any atom is 0.267 e. The van der Waals surface area contributed by atoms with Crippen LogP contribution in [0.4, 0.5) is 5.82 Å². The molecule has 0 unspecified atom stereocenters. The minimum absolute atomic E-state index is 0.131. The van der Waals surface area contributed by atoms with E-state index >= 15 is 0 Å². The van der Waals surface area contributed by atoms with Crippen LogP contribution in [0.5, 0.6) is 0 Å². The number of primary amides is 1. The Morgan fingerprint density at radius 3 is 2.59 bits per heavy atom. The van der Waals surface area contributed by atoms with Crippen molar-refractivity contribution in [3.05, 3.63) is 44.7 Å².